The Hall–Kier alpha value is -2.10. The molecule has 0 aliphatic carbocycles. The molecule has 0 fully saturated rings. The second kappa shape index (κ2) is 4.41. The number of hydrogen-bond acceptors (Lipinski definition) is 2. The van der Waals surface area contributed by atoms with Crippen LogP contribution in [-0.2, 0) is 0 Å². The number of benzene rings is 2. The van der Waals surface area contributed by atoms with Gasteiger partial charge in [0.05, 0.1) is 11.4 Å². The summed E-state index contributed by atoms with van der Waals surface area (Å²) in [4.78, 5) is 0. The fourth-order valence-electron chi connectivity index (χ4n) is 1.55. The van der Waals surface area contributed by atoms with Crippen LogP contribution in [0.3, 0.4) is 0 Å². The van der Waals surface area contributed by atoms with Crippen LogP contribution >= 0.6 is 0 Å². The third-order valence-corrected chi connectivity index (χ3v) is 2.51. The molecule has 2 rings (SSSR count). The maximum atomic E-state index is 13.2. The summed E-state index contributed by atoms with van der Waals surface area (Å²) in [6.07, 6.45) is 0. The Balaban J connectivity index is 2.40. The Morgan fingerprint density at radius 2 is 1.76 bits per heavy atom. The quantitative estimate of drug-likeness (QED) is 0.779. The second-order valence-electron chi connectivity index (χ2n) is 3.79. The fourth-order valence-corrected chi connectivity index (χ4v) is 1.55. The van der Waals surface area contributed by atoms with Crippen LogP contribution in [0.15, 0.2) is 36.4 Å². The molecule has 0 spiro atoms. The van der Waals surface area contributed by atoms with Crippen LogP contribution in [0, 0.1) is 18.6 Å². The van der Waals surface area contributed by atoms with Crippen molar-refractivity contribution in [3.8, 4) is 0 Å². The lowest BCUT2D eigenvalue weighted by Gasteiger charge is -2.12. The monoisotopic (exact) mass is 234 g/mol. The summed E-state index contributed by atoms with van der Waals surface area (Å²) in [6.45, 7) is 1.90. The molecular weight excluding hydrogens is 222 g/mol. The van der Waals surface area contributed by atoms with Crippen molar-refractivity contribution in [2.75, 3.05) is 11.1 Å². The number of halogens is 2. The molecule has 0 aromatic heterocycles. The lowest BCUT2D eigenvalue weighted by atomic mass is 10.2. The highest BCUT2D eigenvalue weighted by molar-refractivity contribution is 5.74. The molecule has 0 aliphatic heterocycles. The van der Waals surface area contributed by atoms with Crippen LogP contribution in [0.5, 0.6) is 0 Å². The van der Waals surface area contributed by atoms with Gasteiger partial charge in [-0.3, -0.25) is 0 Å². The first-order valence-corrected chi connectivity index (χ1v) is 5.15. The van der Waals surface area contributed by atoms with Crippen molar-refractivity contribution in [3.63, 3.8) is 0 Å². The molecule has 0 aliphatic rings. The maximum Gasteiger partial charge on any atom is 0.151 e. The number of anilines is 3. The average Bonchev–Trinajstić information content (AvgIpc) is 2.28. The molecule has 2 aromatic carbocycles. The van der Waals surface area contributed by atoms with Gasteiger partial charge in [0.1, 0.15) is 5.82 Å². The third-order valence-electron chi connectivity index (χ3n) is 2.51. The van der Waals surface area contributed by atoms with Gasteiger partial charge < -0.3 is 11.1 Å². The summed E-state index contributed by atoms with van der Waals surface area (Å²) >= 11 is 0. The van der Waals surface area contributed by atoms with E-state index < -0.39 is 11.6 Å². The Bertz CT molecular complexity index is 553. The maximum absolute atomic E-state index is 13.2. The first-order chi connectivity index (χ1) is 8.08. The molecule has 4 heteroatoms. The lowest BCUT2D eigenvalue weighted by molar-refractivity contribution is 0.587. The molecule has 2 aromatic rings. The predicted octanol–water partition coefficient (Wildman–Crippen LogP) is 3.60. The van der Waals surface area contributed by atoms with Crippen molar-refractivity contribution in [1.29, 1.82) is 0 Å². The first kappa shape index (κ1) is 11.4. The number of rotatable bonds is 2. The zero-order valence-corrected chi connectivity index (χ0v) is 9.30. The van der Waals surface area contributed by atoms with Gasteiger partial charge in [-0.1, -0.05) is 18.2 Å². The van der Waals surface area contributed by atoms with E-state index in [0.717, 1.165) is 17.3 Å². The summed E-state index contributed by atoms with van der Waals surface area (Å²) < 4.78 is 26.3. The Morgan fingerprint density at radius 1 is 1.06 bits per heavy atom. The number of para-hydroxylation sites is 1. The summed E-state index contributed by atoms with van der Waals surface area (Å²) in [6, 6.07) is 9.37. The summed E-state index contributed by atoms with van der Waals surface area (Å²) in [5.41, 5.74) is 7.43. The normalized spacial score (nSPS) is 10.3. The van der Waals surface area contributed by atoms with Gasteiger partial charge in [-0.05, 0) is 24.6 Å². The van der Waals surface area contributed by atoms with Gasteiger partial charge in [-0.2, -0.15) is 0 Å². The van der Waals surface area contributed by atoms with E-state index in [4.69, 9.17) is 5.73 Å². The minimum atomic E-state index is -0.763. The standard InChI is InChI=1S/C13H12F2N2/c1-8-4-2-3-5-11(8)17-12-7-9(14)6-10(15)13(12)16/h2-7,17H,16H2,1H3. The molecule has 0 radical (unpaired) electrons. The molecule has 0 saturated heterocycles. The minimum Gasteiger partial charge on any atom is -0.395 e. The van der Waals surface area contributed by atoms with Gasteiger partial charge in [-0.25, -0.2) is 8.78 Å². The van der Waals surface area contributed by atoms with Crippen LogP contribution in [0.1, 0.15) is 5.56 Å². The molecule has 0 unspecified atom stereocenters. The summed E-state index contributed by atoms with van der Waals surface area (Å²) in [5, 5.41) is 2.92. The predicted molar refractivity (Wildman–Crippen MR) is 65.2 cm³/mol. The van der Waals surface area contributed by atoms with Gasteiger partial charge in [0.15, 0.2) is 5.82 Å². The minimum absolute atomic E-state index is 0.0883. The molecule has 2 nitrogen and oxygen atoms in total. The highest BCUT2D eigenvalue weighted by atomic mass is 19.1. The van der Waals surface area contributed by atoms with Crippen molar-refractivity contribution < 1.29 is 8.78 Å². The molecule has 0 bridgehead atoms. The number of nitrogens with two attached hydrogens (primary N) is 1. The average molecular weight is 234 g/mol. The number of aryl methyl sites for hydroxylation is 1. The van der Waals surface area contributed by atoms with E-state index in [1.54, 1.807) is 0 Å². The van der Waals surface area contributed by atoms with Crippen molar-refractivity contribution in [1.82, 2.24) is 0 Å². The van der Waals surface area contributed by atoms with Crippen molar-refractivity contribution in [2.24, 2.45) is 0 Å². The van der Waals surface area contributed by atoms with Gasteiger partial charge >= 0.3 is 0 Å². The Morgan fingerprint density at radius 3 is 2.47 bits per heavy atom. The van der Waals surface area contributed by atoms with Crippen LogP contribution in [0.25, 0.3) is 0 Å². The highest BCUT2D eigenvalue weighted by Gasteiger charge is 2.08. The summed E-state index contributed by atoms with van der Waals surface area (Å²) in [7, 11) is 0. The topological polar surface area (TPSA) is 38.0 Å². The van der Waals surface area contributed by atoms with Crippen LogP contribution in [-0.4, -0.2) is 0 Å². The van der Waals surface area contributed by atoms with E-state index in [2.05, 4.69) is 5.32 Å². The van der Waals surface area contributed by atoms with E-state index in [1.165, 1.54) is 6.07 Å². The van der Waals surface area contributed by atoms with Gasteiger partial charge in [-0.15, -0.1) is 0 Å². The van der Waals surface area contributed by atoms with E-state index in [0.29, 0.717) is 0 Å². The summed E-state index contributed by atoms with van der Waals surface area (Å²) in [5.74, 6) is -1.42. The largest absolute Gasteiger partial charge is 0.395 e. The molecule has 0 saturated carbocycles. The highest BCUT2D eigenvalue weighted by Crippen LogP contribution is 2.28. The van der Waals surface area contributed by atoms with Gasteiger partial charge in [0, 0.05) is 11.8 Å². The molecule has 0 atom stereocenters. The Kier molecular flexibility index (Phi) is 2.95. The number of nitrogens with one attached hydrogen (secondary N) is 1. The molecule has 3 N–H and O–H groups in total. The van der Waals surface area contributed by atoms with E-state index >= 15 is 0 Å². The Labute approximate surface area is 98.1 Å². The zero-order valence-electron chi connectivity index (χ0n) is 9.30. The van der Waals surface area contributed by atoms with Gasteiger partial charge in [0.25, 0.3) is 0 Å². The van der Waals surface area contributed by atoms with E-state index in [1.807, 2.05) is 31.2 Å². The molecule has 0 heterocycles. The van der Waals surface area contributed by atoms with Crippen LogP contribution < -0.4 is 11.1 Å². The van der Waals surface area contributed by atoms with Crippen molar-refractivity contribution in [3.05, 3.63) is 53.6 Å². The van der Waals surface area contributed by atoms with Gasteiger partial charge in [0.2, 0.25) is 0 Å². The second-order valence-corrected chi connectivity index (χ2v) is 3.79. The SMILES string of the molecule is Cc1ccccc1Nc1cc(F)cc(F)c1N. The van der Waals surface area contributed by atoms with E-state index in [-0.39, 0.29) is 11.4 Å². The molecular formula is C13H12F2N2. The van der Waals surface area contributed by atoms with Crippen molar-refractivity contribution in [2.45, 2.75) is 6.92 Å². The first-order valence-electron chi connectivity index (χ1n) is 5.15. The smallest absolute Gasteiger partial charge is 0.151 e. The molecule has 0 amide bonds. The molecule has 17 heavy (non-hydrogen) atoms. The zero-order chi connectivity index (χ0) is 12.4. The fraction of sp³-hybridized carbons (Fsp3) is 0.0769. The lowest BCUT2D eigenvalue weighted by Crippen LogP contribution is -2.01. The number of nitrogen functional groups attached to an aromatic ring is 1. The number of hydrogen-bond donors (Lipinski definition) is 2. The molecule has 88 valence electrons. The third kappa shape index (κ3) is 2.36. The van der Waals surface area contributed by atoms with Crippen LogP contribution in [0.2, 0.25) is 0 Å². The van der Waals surface area contributed by atoms with E-state index in [9.17, 15) is 8.78 Å². The van der Waals surface area contributed by atoms with Crippen LogP contribution in [0.4, 0.5) is 25.8 Å². The van der Waals surface area contributed by atoms with Crippen molar-refractivity contribution >= 4 is 17.1 Å².